The van der Waals surface area contributed by atoms with Crippen molar-refractivity contribution in [1.29, 1.82) is 0 Å². The minimum atomic E-state index is -1.37. The Labute approximate surface area is 417 Å². The first-order valence-corrected chi connectivity index (χ1v) is 26.7. The molecule has 1 saturated heterocycles. The molecule has 5 aliphatic rings. The number of allylic oxidation sites excluding steroid dienone is 1. The largest absolute Gasteiger partial charge is 0.492 e. The number of ether oxygens (including phenoxy) is 5. The summed E-state index contributed by atoms with van der Waals surface area (Å²) < 4.78 is 33.0. The van der Waals surface area contributed by atoms with Crippen LogP contribution in [0.25, 0.3) is 0 Å². The summed E-state index contributed by atoms with van der Waals surface area (Å²) >= 11 is 0. The van der Waals surface area contributed by atoms with Crippen LogP contribution in [0.4, 0.5) is 0 Å². The Balaban J connectivity index is 1.24. The first-order valence-electron chi connectivity index (χ1n) is 26.7. The first kappa shape index (κ1) is 51.5. The Morgan fingerprint density at radius 2 is 1.60 bits per heavy atom. The average molecular weight is 962 g/mol. The van der Waals surface area contributed by atoms with Crippen LogP contribution in [0.5, 0.6) is 23.0 Å². The minimum Gasteiger partial charge on any atom is -0.492 e. The molecule has 0 bridgehead atoms. The van der Waals surface area contributed by atoms with Crippen molar-refractivity contribution >= 4 is 11.6 Å². The van der Waals surface area contributed by atoms with Crippen molar-refractivity contribution in [3.05, 3.63) is 108 Å². The van der Waals surface area contributed by atoms with Gasteiger partial charge >= 0.3 is 0 Å². The molecule has 12 heteroatoms. The molecule has 70 heavy (non-hydrogen) atoms. The topological polar surface area (TPSA) is 132 Å². The fourth-order valence-corrected chi connectivity index (χ4v) is 11.4. The molecule has 2 aliphatic carbocycles. The predicted molar refractivity (Wildman–Crippen MR) is 273 cm³/mol. The van der Waals surface area contributed by atoms with E-state index >= 15 is 4.79 Å². The molecular weight excluding hydrogens is 883 g/mol. The molecule has 380 valence electrons. The summed E-state index contributed by atoms with van der Waals surface area (Å²) in [5.41, 5.74) is 4.76. The van der Waals surface area contributed by atoms with Gasteiger partial charge in [0.25, 0.3) is 0 Å². The van der Waals surface area contributed by atoms with Crippen LogP contribution in [-0.4, -0.2) is 96.3 Å². The summed E-state index contributed by atoms with van der Waals surface area (Å²) in [6, 6.07) is 21.6. The van der Waals surface area contributed by atoms with Crippen molar-refractivity contribution in [2.24, 2.45) is 22.9 Å². The molecule has 3 aliphatic heterocycles. The Hall–Kier alpha value is -4.88. The summed E-state index contributed by atoms with van der Waals surface area (Å²) in [4.78, 5) is 26.1. The zero-order chi connectivity index (χ0) is 48.5. The summed E-state index contributed by atoms with van der Waals surface area (Å²) in [7, 11) is 0. The van der Waals surface area contributed by atoms with Gasteiger partial charge in [-0.05, 0) is 91.0 Å². The van der Waals surface area contributed by atoms with Gasteiger partial charge in [0.05, 0.1) is 18.2 Å². The van der Waals surface area contributed by atoms with Crippen LogP contribution in [0.3, 0.4) is 0 Å². The van der Waals surface area contributed by atoms with E-state index in [1.807, 2.05) is 65.6 Å². The number of amides is 1. The van der Waals surface area contributed by atoms with Crippen LogP contribution >= 0.6 is 0 Å². The number of hydrogen-bond acceptors (Lipinski definition) is 11. The molecule has 1 amide bonds. The van der Waals surface area contributed by atoms with Gasteiger partial charge in [-0.25, -0.2) is 0 Å². The molecular formula is C58H79N3O9. The zero-order valence-corrected chi connectivity index (χ0v) is 41.8. The molecule has 3 aromatic rings. The third-order valence-electron chi connectivity index (χ3n) is 15.1. The van der Waals surface area contributed by atoms with Crippen molar-refractivity contribution in [1.82, 2.24) is 9.80 Å². The molecule has 2 fully saturated rings. The number of nitrogens with zero attached hydrogens (tertiary/aromatic N) is 3. The highest BCUT2D eigenvalue weighted by Crippen LogP contribution is 2.62. The van der Waals surface area contributed by atoms with Crippen molar-refractivity contribution in [3.8, 4) is 23.0 Å². The summed E-state index contributed by atoms with van der Waals surface area (Å²) in [6.45, 7) is 11.2. The second-order valence-electron chi connectivity index (χ2n) is 20.0. The van der Waals surface area contributed by atoms with Gasteiger partial charge in [-0.3, -0.25) is 9.69 Å². The fourth-order valence-electron chi connectivity index (χ4n) is 11.4. The van der Waals surface area contributed by atoms with E-state index in [4.69, 9.17) is 33.7 Å². The lowest BCUT2D eigenvalue weighted by atomic mass is 9.55. The summed E-state index contributed by atoms with van der Waals surface area (Å²) in [5, 5.41) is 25.2. The number of aliphatic hydroxyl groups is 2. The second kappa shape index (κ2) is 26.0. The van der Waals surface area contributed by atoms with Gasteiger partial charge in [0.1, 0.15) is 30.8 Å². The molecule has 0 spiro atoms. The maximum absolute atomic E-state index is 15.4. The van der Waals surface area contributed by atoms with Crippen molar-refractivity contribution in [2.45, 2.75) is 147 Å². The van der Waals surface area contributed by atoms with Crippen LogP contribution in [0.15, 0.2) is 96.2 Å². The van der Waals surface area contributed by atoms with Crippen LogP contribution in [0.1, 0.15) is 139 Å². The van der Waals surface area contributed by atoms with Crippen molar-refractivity contribution in [2.75, 3.05) is 52.9 Å². The Morgan fingerprint density at radius 1 is 0.857 bits per heavy atom. The second-order valence-corrected chi connectivity index (χ2v) is 20.0. The fraction of sp³-hybridized carbons (Fsp3) is 0.586. The van der Waals surface area contributed by atoms with E-state index in [1.165, 1.54) is 38.5 Å². The van der Waals surface area contributed by atoms with Gasteiger partial charge in [-0.1, -0.05) is 125 Å². The molecule has 6 unspecified atom stereocenters. The number of oxime groups is 1. The third-order valence-corrected chi connectivity index (χ3v) is 15.1. The van der Waals surface area contributed by atoms with E-state index in [-0.39, 0.29) is 63.4 Å². The maximum atomic E-state index is 15.4. The summed E-state index contributed by atoms with van der Waals surface area (Å²) in [6.07, 6.45) is 20.1. The standard InChI is InChI=1S/C58H79N3O9/c1-3-5-6-7-8-9-10-11-15-24-55(64)61(40-44-25-27-52-53(36-44)67-42-66-52)54-39-50(59-69-41-43-20-13-12-14-21-43)48-37-45(22-16-18-32-62)47(23-17-19-33-63)56-49-38-46(65-35-31-60-29-30-60)26-28-51(49)70-58(54,57(48)56)68-34-4-2/h4,12-14,20-21,25-28,36-38,45,47,54,56-57,62-63H,2-3,5-11,15-19,22-24,29-35,39-42H2,1H3. The van der Waals surface area contributed by atoms with E-state index in [1.54, 1.807) is 6.08 Å². The Morgan fingerprint density at radius 3 is 2.36 bits per heavy atom. The van der Waals surface area contributed by atoms with Crippen molar-refractivity contribution < 1.29 is 43.5 Å². The van der Waals surface area contributed by atoms with Gasteiger partial charge in [-0.15, -0.1) is 6.58 Å². The van der Waals surface area contributed by atoms with E-state index < -0.39 is 17.7 Å². The quantitative estimate of drug-likeness (QED) is 0.0278. The number of aliphatic hydroxyl groups excluding tert-OH is 2. The lowest BCUT2D eigenvalue weighted by molar-refractivity contribution is -0.258. The van der Waals surface area contributed by atoms with Crippen molar-refractivity contribution in [3.63, 3.8) is 0 Å². The molecule has 8 rings (SSSR count). The number of rotatable bonds is 31. The van der Waals surface area contributed by atoms with Gasteiger partial charge < -0.3 is 43.6 Å². The normalized spacial score (nSPS) is 23.5. The Kier molecular flexibility index (Phi) is 19.1. The van der Waals surface area contributed by atoms with Gasteiger partial charge in [0, 0.05) is 63.7 Å². The van der Waals surface area contributed by atoms with E-state index in [0.717, 1.165) is 98.3 Å². The number of hydrogen-bond donors (Lipinski definition) is 2. The molecule has 1 saturated carbocycles. The SMILES string of the molecule is C=CCOC12Oc3ccc(OCCN4CC4)cc3C3C(CCCCO)C(CCCCO)C=C(C(=NOCc4ccccc4)CC1N(Cc1ccc4c(c1)OCO4)C(=O)CCCCCCCCCCC)C32. The van der Waals surface area contributed by atoms with E-state index in [2.05, 4.69) is 30.5 Å². The molecule has 3 heterocycles. The van der Waals surface area contributed by atoms with E-state index in [0.29, 0.717) is 49.5 Å². The number of carbonyl (C=O) groups excluding carboxylic acids is 1. The lowest BCUT2D eigenvalue weighted by Crippen LogP contribution is -2.70. The highest BCUT2D eigenvalue weighted by atomic mass is 16.7. The summed E-state index contributed by atoms with van der Waals surface area (Å²) in [5.74, 6) is 1.17. The van der Waals surface area contributed by atoms with Crippen LogP contribution in [-0.2, 0) is 27.5 Å². The first-order chi connectivity index (χ1) is 34.5. The third kappa shape index (κ3) is 13.0. The molecule has 6 atom stereocenters. The Bertz CT molecular complexity index is 2190. The molecule has 12 nitrogen and oxygen atoms in total. The monoisotopic (exact) mass is 962 g/mol. The minimum absolute atomic E-state index is 0.0301. The predicted octanol–water partition coefficient (Wildman–Crippen LogP) is 10.9. The van der Waals surface area contributed by atoms with Crippen LogP contribution < -0.4 is 18.9 Å². The molecule has 2 N–H and O–H groups in total. The molecule has 0 radical (unpaired) electrons. The number of carbonyl (C=O) groups is 1. The highest BCUT2D eigenvalue weighted by molar-refractivity contribution is 6.03. The number of unbranched alkanes of at least 4 members (excludes halogenated alkanes) is 10. The molecule has 3 aromatic carbocycles. The van der Waals surface area contributed by atoms with Gasteiger partial charge in [-0.2, -0.15) is 0 Å². The average Bonchev–Trinajstić information content (AvgIpc) is 4.09. The maximum Gasteiger partial charge on any atom is 0.239 e. The highest BCUT2D eigenvalue weighted by Gasteiger charge is 2.65. The van der Waals surface area contributed by atoms with Crippen LogP contribution in [0.2, 0.25) is 0 Å². The van der Waals surface area contributed by atoms with Gasteiger partial charge in [0.15, 0.2) is 11.5 Å². The number of fused-ring (bicyclic) bond motifs is 3. The smallest absolute Gasteiger partial charge is 0.239 e. The lowest BCUT2D eigenvalue weighted by Gasteiger charge is -2.60. The van der Waals surface area contributed by atoms with Gasteiger partial charge in [0.2, 0.25) is 18.5 Å². The van der Waals surface area contributed by atoms with Crippen LogP contribution in [0, 0.1) is 17.8 Å². The zero-order valence-electron chi connectivity index (χ0n) is 41.8. The number of benzene rings is 3. The molecule has 0 aromatic heterocycles. The van der Waals surface area contributed by atoms with E-state index in [9.17, 15) is 10.2 Å².